The van der Waals surface area contributed by atoms with Crippen LogP contribution in [0.5, 0.6) is 5.75 Å². The van der Waals surface area contributed by atoms with Gasteiger partial charge in [-0.15, -0.1) is 0 Å². The minimum Gasteiger partial charge on any atom is -0.484 e. The number of carboxylic acid groups (broad SMARTS) is 1. The number of rotatable bonds is 5. The minimum atomic E-state index is -0.792. The van der Waals surface area contributed by atoms with Gasteiger partial charge in [0.1, 0.15) is 5.75 Å². The van der Waals surface area contributed by atoms with Crippen LogP contribution in [0.25, 0.3) is 0 Å². The van der Waals surface area contributed by atoms with Crippen molar-refractivity contribution in [2.75, 3.05) is 6.61 Å². The first-order chi connectivity index (χ1) is 10.4. The number of carbonyl (C=O) groups is 2. The minimum absolute atomic E-state index is 0.0779. The van der Waals surface area contributed by atoms with Crippen LogP contribution in [0.3, 0.4) is 0 Å². The molecule has 0 unspecified atom stereocenters. The van der Waals surface area contributed by atoms with E-state index >= 15 is 0 Å². The third-order valence-electron chi connectivity index (χ3n) is 3.93. The fraction of sp³-hybridized carbons (Fsp3) is 0.500. The summed E-state index contributed by atoms with van der Waals surface area (Å²) in [7, 11) is 0. The van der Waals surface area contributed by atoms with Crippen LogP contribution < -0.4 is 10.1 Å². The molecule has 1 aromatic carbocycles. The van der Waals surface area contributed by atoms with Gasteiger partial charge < -0.3 is 15.2 Å². The van der Waals surface area contributed by atoms with Crippen molar-refractivity contribution >= 4 is 23.5 Å². The molecule has 1 aromatic rings. The molecule has 0 bridgehead atoms. The number of hydrogen-bond donors (Lipinski definition) is 2. The number of halogens is 1. The lowest BCUT2D eigenvalue weighted by atomic mass is 10.1. The predicted molar refractivity (Wildman–Crippen MR) is 83.3 cm³/mol. The number of benzene rings is 1. The van der Waals surface area contributed by atoms with Gasteiger partial charge in [-0.25, -0.2) is 0 Å². The highest BCUT2D eigenvalue weighted by Crippen LogP contribution is 2.27. The molecule has 0 aliphatic heterocycles. The van der Waals surface area contributed by atoms with Crippen molar-refractivity contribution in [3.8, 4) is 5.75 Å². The quantitative estimate of drug-likeness (QED) is 0.872. The Morgan fingerprint density at radius 2 is 1.95 bits per heavy atom. The molecular formula is C16H20ClNO4. The summed E-state index contributed by atoms with van der Waals surface area (Å²) >= 11 is 6.08. The Morgan fingerprint density at radius 3 is 2.50 bits per heavy atom. The molecule has 1 amide bonds. The Balaban J connectivity index is 1.82. The number of aliphatic carboxylic acids is 1. The Labute approximate surface area is 134 Å². The smallest absolute Gasteiger partial charge is 0.306 e. The first-order valence-corrected chi connectivity index (χ1v) is 7.66. The summed E-state index contributed by atoms with van der Waals surface area (Å²) in [5.41, 5.74) is 1.80. The second-order valence-corrected chi connectivity index (χ2v) is 6.15. The zero-order valence-electron chi connectivity index (χ0n) is 12.7. The number of hydrogen-bond acceptors (Lipinski definition) is 3. The topological polar surface area (TPSA) is 75.6 Å². The Hall–Kier alpha value is -1.75. The SMILES string of the molecule is Cc1cc(OCC(=O)N[C@H]2CC[C@@H](C(=O)O)C2)cc(C)c1Cl. The molecule has 2 rings (SSSR count). The van der Waals surface area contributed by atoms with Crippen molar-refractivity contribution in [3.05, 3.63) is 28.3 Å². The van der Waals surface area contributed by atoms with Gasteiger partial charge in [-0.1, -0.05) is 11.6 Å². The maximum atomic E-state index is 11.9. The van der Waals surface area contributed by atoms with Gasteiger partial charge in [0.25, 0.3) is 5.91 Å². The number of nitrogens with one attached hydrogen (secondary N) is 1. The standard InChI is InChI=1S/C16H20ClNO4/c1-9-5-13(6-10(2)15(9)17)22-8-14(19)18-12-4-3-11(7-12)16(20)21/h5-6,11-12H,3-4,7-8H2,1-2H3,(H,18,19)(H,20,21)/t11-,12+/m1/s1. The Bertz CT molecular complexity index is 565. The lowest BCUT2D eigenvalue weighted by Gasteiger charge is -2.14. The van der Waals surface area contributed by atoms with Gasteiger partial charge in [-0.2, -0.15) is 0 Å². The van der Waals surface area contributed by atoms with Crippen LogP contribution in [0.4, 0.5) is 0 Å². The van der Waals surface area contributed by atoms with Gasteiger partial charge in [0.05, 0.1) is 5.92 Å². The van der Waals surface area contributed by atoms with Gasteiger partial charge in [0, 0.05) is 11.1 Å². The fourth-order valence-electron chi connectivity index (χ4n) is 2.74. The predicted octanol–water partition coefficient (Wildman–Crippen LogP) is 2.71. The molecule has 0 spiro atoms. The fourth-order valence-corrected chi connectivity index (χ4v) is 2.85. The first-order valence-electron chi connectivity index (χ1n) is 7.28. The molecule has 0 radical (unpaired) electrons. The second kappa shape index (κ2) is 7.01. The van der Waals surface area contributed by atoms with E-state index in [1.165, 1.54) is 0 Å². The maximum absolute atomic E-state index is 11.9. The summed E-state index contributed by atoms with van der Waals surface area (Å²) in [5, 5.41) is 12.5. The van der Waals surface area contributed by atoms with E-state index in [2.05, 4.69) is 5.32 Å². The Morgan fingerprint density at radius 1 is 1.32 bits per heavy atom. The van der Waals surface area contributed by atoms with Crippen LogP contribution in [0.1, 0.15) is 30.4 Å². The van der Waals surface area contributed by atoms with Crippen molar-refractivity contribution in [2.45, 2.75) is 39.2 Å². The Kier molecular flexibility index (Phi) is 5.29. The van der Waals surface area contributed by atoms with Crippen LogP contribution in [-0.4, -0.2) is 29.6 Å². The normalized spacial score (nSPS) is 20.7. The number of ether oxygens (including phenoxy) is 1. The van der Waals surface area contributed by atoms with Crippen molar-refractivity contribution < 1.29 is 19.4 Å². The van der Waals surface area contributed by atoms with Gasteiger partial charge in [0.2, 0.25) is 0 Å². The van der Waals surface area contributed by atoms with Crippen molar-refractivity contribution in [2.24, 2.45) is 5.92 Å². The highest BCUT2D eigenvalue weighted by atomic mass is 35.5. The third-order valence-corrected chi connectivity index (χ3v) is 4.52. The van der Waals surface area contributed by atoms with E-state index in [4.69, 9.17) is 21.4 Å². The van der Waals surface area contributed by atoms with Crippen LogP contribution in [0, 0.1) is 19.8 Å². The van der Waals surface area contributed by atoms with Crippen molar-refractivity contribution in [1.29, 1.82) is 0 Å². The molecule has 1 aliphatic carbocycles. The first kappa shape index (κ1) is 16.6. The summed E-state index contributed by atoms with van der Waals surface area (Å²) in [6, 6.07) is 3.50. The zero-order chi connectivity index (χ0) is 16.3. The lowest BCUT2D eigenvalue weighted by Crippen LogP contribution is -2.36. The third kappa shape index (κ3) is 4.13. The van der Waals surface area contributed by atoms with Gasteiger partial charge in [-0.05, 0) is 56.4 Å². The zero-order valence-corrected chi connectivity index (χ0v) is 13.4. The molecule has 0 saturated heterocycles. The molecule has 5 nitrogen and oxygen atoms in total. The summed E-state index contributed by atoms with van der Waals surface area (Å²) < 4.78 is 5.48. The lowest BCUT2D eigenvalue weighted by molar-refractivity contribution is -0.141. The van der Waals surface area contributed by atoms with E-state index in [1.54, 1.807) is 12.1 Å². The van der Waals surface area contributed by atoms with Gasteiger partial charge in [0.15, 0.2) is 6.61 Å². The molecular weight excluding hydrogens is 306 g/mol. The average molecular weight is 326 g/mol. The molecule has 1 fully saturated rings. The van der Waals surface area contributed by atoms with Crippen LogP contribution >= 0.6 is 11.6 Å². The average Bonchev–Trinajstić information content (AvgIpc) is 2.91. The number of amides is 1. The van der Waals surface area contributed by atoms with Gasteiger partial charge >= 0.3 is 5.97 Å². The van der Waals surface area contributed by atoms with Crippen molar-refractivity contribution in [3.63, 3.8) is 0 Å². The summed E-state index contributed by atoms with van der Waals surface area (Å²) in [6.07, 6.45) is 1.79. The molecule has 0 aromatic heterocycles. The molecule has 6 heteroatoms. The van der Waals surface area contributed by atoms with E-state index in [1.807, 2.05) is 13.8 Å². The molecule has 1 aliphatic rings. The monoisotopic (exact) mass is 325 g/mol. The summed E-state index contributed by atoms with van der Waals surface area (Å²) in [6.45, 7) is 3.68. The van der Waals surface area contributed by atoms with E-state index in [0.29, 0.717) is 30.0 Å². The molecule has 22 heavy (non-hydrogen) atoms. The number of carbonyl (C=O) groups excluding carboxylic acids is 1. The van der Waals surface area contributed by atoms with Crippen LogP contribution in [0.15, 0.2) is 12.1 Å². The van der Waals surface area contributed by atoms with Crippen molar-refractivity contribution in [1.82, 2.24) is 5.32 Å². The number of carboxylic acids is 1. The highest BCUT2D eigenvalue weighted by Gasteiger charge is 2.30. The van der Waals surface area contributed by atoms with Crippen LogP contribution in [0.2, 0.25) is 5.02 Å². The summed E-state index contributed by atoms with van der Waals surface area (Å²) in [4.78, 5) is 22.8. The maximum Gasteiger partial charge on any atom is 0.306 e. The van der Waals surface area contributed by atoms with E-state index < -0.39 is 5.97 Å². The van der Waals surface area contributed by atoms with E-state index in [9.17, 15) is 9.59 Å². The highest BCUT2D eigenvalue weighted by molar-refractivity contribution is 6.32. The van der Waals surface area contributed by atoms with E-state index in [0.717, 1.165) is 11.1 Å². The van der Waals surface area contributed by atoms with Crippen LogP contribution in [-0.2, 0) is 9.59 Å². The molecule has 0 heterocycles. The molecule has 120 valence electrons. The molecule has 2 N–H and O–H groups in total. The molecule has 2 atom stereocenters. The second-order valence-electron chi connectivity index (χ2n) is 5.77. The molecule has 1 saturated carbocycles. The summed E-state index contributed by atoms with van der Waals surface area (Å²) in [5.74, 6) is -0.779. The largest absolute Gasteiger partial charge is 0.484 e. The number of aryl methyl sites for hydroxylation is 2. The van der Waals surface area contributed by atoms with E-state index in [-0.39, 0.29) is 24.5 Å². The van der Waals surface area contributed by atoms with Gasteiger partial charge in [-0.3, -0.25) is 9.59 Å².